The number of aromatic nitrogens is 6. The van der Waals surface area contributed by atoms with Crippen molar-refractivity contribution in [3.63, 3.8) is 0 Å². The predicted molar refractivity (Wildman–Crippen MR) is 74.7 cm³/mol. The second kappa shape index (κ2) is 4.97. The van der Waals surface area contributed by atoms with Crippen LogP contribution in [-0.2, 0) is 0 Å². The molecule has 0 radical (unpaired) electrons. The maximum absolute atomic E-state index is 5.99. The van der Waals surface area contributed by atoms with Crippen molar-refractivity contribution in [2.45, 2.75) is 13.8 Å². The van der Waals surface area contributed by atoms with Gasteiger partial charge in [-0.25, -0.2) is 4.98 Å². The van der Waals surface area contributed by atoms with E-state index in [9.17, 15) is 0 Å². The normalized spacial score (nSPS) is 10.8. The van der Waals surface area contributed by atoms with Crippen molar-refractivity contribution in [2.24, 2.45) is 0 Å². The summed E-state index contributed by atoms with van der Waals surface area (Å²) < 4.78 is 1.45. The number of hydrogen-bond donors (Lipinski definition) is 0. The third-order valence-electron chi connectivity index (χ3n) is 2.85. The second-order valence-corrected chi connectivity index (χ2v) is 4.72. The molecular weight excluding hydrogens is 276 g/mol. The van der Waals surface area contributed by atoms with Gasteiger partial charge in [-0.2, -0.15) is 24.7 Å². The molecule has 2 heterocycles. The molecule has 0 bridgehead atoms. The van der Waals surface area contributed by atoms with E-state index in [1.54, 1.807) is 0 Å². The maximum Gasteiger partial charge on any atom is 0.256 e. The molecule has 100 valence electrons. The predicted octanol–water partition coefficient (Wildman–Crippen LogP) is 2.39. The Morgan fingerprint density at radius 1 is 1.10 bits per heavy atom. The molecule has 0 fully saturated rings. The molecule has 1 aromatic carbocycles. The van der Waals surface area contributed by atoms with E-state index in [-0.39, 0.29) is 5.28 Å². The van der Waals surface area contributed by atoms with Gasteiger partial charge in [0.15, 0.2) is 5.82 Å². The van der Waals surface area contributed by atoms with Crippen LogP contribution in [0.1, 0.15) is 11.1 Å². The Morgan fingerprint density at radius 2 is 1.95 bits per heavy atom. The number of rotatable bonds is 2. The monoisotopic (exact) mass is 286 g/mol. The van der Waals surface area contributed by atoms with Crippen LogP contribution in [0.15, 0.2) is 30.9 Å². The van der Waals surface area contributed by atoms with Crippen LogP contribution < -0.4 is 0 Å². The molecule has 0 amide bonds. The van der Waals surface area contributed by atoms with Crippen LogP contribution in [0.2, 0.25) is 5.28 Å². The lowest BCUT2D eigenvalue weighted by Gasteiger charge is -2.07. The first kappa shape index (κ1) is 12.7. The SMILES string of the molecule is Cc1ccc(C)c(-c2nc(Cl)nc(-n3cncn3)n2)c1. The summed E-state index contributed by atoms with van der Waals surface area (Å²) in [4.78, 5) is 16.5. The fourth-order valence-electron chi connectivity index (χ4n) is 1.85. The van der Waals surface area contributed by atoms with E-state index in [1.807, 2.05) is 32.0 Å². The molecule has 0 spiro atoms. The maximum atomic E-state index is 5.99. The molecule has 0 aliphatic rings. The minimum Gasteiger partial charge on any atom is -0.223 e. The van der Waals surface area contributed by atoms with Crippen molar-refractivity contribution in [1.82, 2.24) is 29.7 Å². The zero-order valence-electron chi connectivity index (χ0n) is 10.9. The van der Waals surface area contributed by atoms with E-state index in [0.717, 1.165) is 16.7 Å². The van der Waals surface area contributed by atoms with Gasteiger partial charge >= 0.3 is 0 Å². The zero-order valence-corrected chi connectivity index (χ0v) is 11.7. The average molecular weight is 287 g/mol. The smallest absolute Gasteiger partial charge is 0.223 e. The van der Waals surface area contributed by atoms with E-state index in [1.165, 1.54) is 17.3 Å². The number of aryl methyl sites for hydroxylation is 2. The molecule has 6 nitrogen and oxygen atoms in total. The molecule has 0 aliphatic heterocycles. The van der Waals surface area contributed by atoms with E-state index in [4.69, 9.17) is 11.6 Å². The first-order valence-corrected chi connectivity index (χ1v) is 6.35. The molecule has 0 unspecified atom stereocenters. The Hall–Kier alpha value is -2.34. The third kappa shape index (κ3) is 2.37. The van der Waals surface area contributed by atoms with Crippen molar-refractivity contribution < 1.29 is 0 Å². The summed E-state index contributed by atoms with van der Waals surface area (Å²) in [5, 5.41) is 4.12. The number of nitrogens with zero attached hydrogens (tertiary/aromatic N) is 6. The molecule has 2 aromatic heterocycles. The average Bonchev–Trinajstić information content (AvgIpc) is 2.95. The molecule has 0 saturated heterocycles. The van der Waals surface area contributed by atoms with E-state index in [2.05, 4.69) is 25.0 Å². The van der Waals surface area contributed by atoms with Gasteiger partial charge in [0.05, 0.1) is 0 Å². The molecular formula is C13H11ClN6. The van der Waals surface area contributed by atoms with Crippen molar-refractivity contribution in [3.8, 4) is 17.3 Å². The Morgan fingerprint density at radius 3 is 2.70 bits per heavy atom. The van der Waals surface area contributed by atoms with Crippen molar-refractivity contribution >= 4 is 11.6 Å². The van der Waals surface area contributed by atoms with Crippen molar-refractivity contribution in [2.75, 3.05) is 0 Å². The lowest BCUT2D eigenvalue weighted by atomic mass is 10.1. The number of hydrogen-bond acceptors (Lipinski definition) is 5. The number of halogens is 1. The second-order valence-electron chi connectivity index (χ2n) is 4.39. The Balaban J connectivity index is 2.17. The standard InChI is InChI=1S/C13H11ClN6/c1-8-3-4-9(2)10(5-8)11-17-12(14)19-13(18-11)20-7-15-6-16-20/h3-7H,1-2H3. The van der Waals surface area contributed by atoms with Gasteiger partial charge < -0.3 is 0 Å². The molecule has 0 saturated carbocycles. The highest BCUT2D eigenvalue weighted by Gasteiger charge is 2.11. The summed E-state index contributed by atoms with van der Waals surface area (Å²) in [5.74, 6) is 0.870. The topological polar surface area (TPSA) is 69.4 Å². The fourth-order valence-corrected chi connectivity index (χ4v) is 2.01. The summed E-state index contributed by atoms with van der Waals surface area (Å²) in [6, 6.07) is 6.09. The highest BCUT2D eigenvalue weighted by molar-refractivity contribution is 6.28. The van der Waals surface area contributed by atoms with Crippen LogP contribution >= 0.6 is 11.6 Å². The molecule has 7 heteroatoms. The Kier molecular flexibility index (Phi) is 3.15. The molecule has 3 aromatic rings. The Bertz CT molecular complexity index is 754. The van der Waals surface area contributed by atoms with Gasteiger partial charge in [0, 0.05) is 5.56 Å². The molecule has 0 aliphatic carbocycles. The van der Waals surface area contributed by atoms with Crippen molar-refractivity contribution in [3.05, 3.63) is 47.3 Å². The Labute approximate surface area is 120 Å². The summed E-state index contributed by atoms with van der Waals surface area (Å²) >= 11 is 5.99. The van der Waals surface area contributed by atoms with Crippen LogP contribution in [0.25, 0.3) is 17.3 Å². The van der Waals surface area contributed by atoms with E-state index < -0.39 is 0 Å². The van der Waals surface area contributed by atoms with Gasteiger partial charge in [-0.15, -0.1) is 0 Å². The highest BCUT2D eigenvalue weighted by Crippen LogP contribution is 2.22. The molecule has 20 heavy (non-hydrogen) atoms. The zero-order chi connectivity index (χ0) is 14.1. The first-order chi connectivity index (χ1) is 9.63. The summed E-state index contributed by atoms with van der Waals surface area (Å²) in [7, 11) is 0. The van der Waals surface area contributed by atoms with Crippen LogP contribution in [0, 0.1) is 13.8 Å². The summed E-state index contributed by atoms with van der Waals surface area (Å²) in [5.41, 5.74) is 3.13. The van der Waals surface area contributed by atoms with Gasteiger partial charge in [0.25, 0.3) is 5.95 Å². The lowest BCUT2D eigenvalue weighted by Crippen LogP contribution is -2.05. The highest BCUT2D eigenvalue weighted by atomic mass is 35.5. The van der Waals surface area contributed by atoms with E-state index >= 15 is 0 Å². The van der Waals surface area contributed by atoms with Gasteiger partial charge in [-0.1, -0.05) is 17.7 Å². The molecule has 3 rings (SSSR count). The van der Waals surface area contributed by atoms with Crippen LogP contribution in [0.4, 0.5) is 0 Å². The van der Waals surface area contributed by atoms with Gasteiger partial charge in [-0.3, -0.25) is 0 Å². The molecule has 0 atom stereocenters. The largest absolute Gasteiger partial charge is 0.256 e. The van der Waals surface area contributed by atoms with Crippen LogP contribution in [0.5, 0.6) is 0 Å². The van der Waals surface area contributed by atoms with Gasteiger partial charge in [0.1, 0.15) is 12.7 Å². The minimum atomic E-state index is 0.126. The summed E-state index contributed by atoms with van der Waals surface area (Å²) in [6.45, 7) is 4.02. The first-order valence-electron chi connectivity index (χ1n) is 5.98. The number of benzene rings is 1. The van der Waals surface area contributed by atoms with Gasteiger partial charge in [0.2, 0.25) is 5.28 Å². The van der Waals surface area contributed by atoms with Crippen LogP contribution in [0.3, 0.4) is 0 Å². The van der Waals surface area contributed by atoms with Crippen molar-refractivity contribution in [1.29, 1.82) is 0 Å². The van der Waals surface area contributed by atoms with Gasteiger partial charge in [-0.05, 0) is 37.1 Å². The lowest BCUT2D eigenvalue weighted by molar-refractivity contribution is 0.796. The minimum absolute atomic E-state index is 0.126. The summed E-state index contributed by atoms with van der Waals surface area (Å²) in [6.07, 6.45) is 2.92. The quantitative estimate of drug-likeness (QED) is 0.723. The van der Waals surface area contributed by atoms with E-state index in [0.29, 0.717) is 11.8 Å². The van der Waals surface area contributed by atoms with Crippen LogP contribution in [-0.4, -0.2) is 29.7 Å². The fraction of sp³-hybridized carbons (Fsp3) is 0.154. The molecule has 0 N–H and O–H groups in total. The third-order valence-corrected chi connectivity index (χ3v) is 3.02.